The molecular weight excluding hydrogens is 398 g/mol. The number of nitrogens with one attached hydrogen (secondary N) is 1. The minimum atomic E-state index is -0.202. The molecule has 0 amide bonds. The lowest BCUT2D eigenvalue weighted by Gasteiger charge is -2.56. The molecule has 1 aliphatic heterocycles. The van der Waals surface area contributed by atoms with Gasteiger partial charge >= 0.3 is 5.97 Å². The maximum absolute atomic E-state index is 13.1. The van der Waals surface area contributed by atoms with Crippen molar-refractivity contribution in [2.75, 3.05) is 13.3 Å². The van der Waals surface area contributed by atoms with Gasteiger partial charge in [-0.15, -0.1) is 0 Å². The molecular formula is C28H37NO3. The second-order valence-corrected chi connectivity index (χ2v) is 12.2. The second kappa shape index (κ2) is 7.22. The summed E-state index contributed by atoms with van der Waals surface area (Å²) in [6, 6.07) is 7.31. The Morgan fingerprint density at radius 1 is 1.03 bits per heavy atom. The number of carbonyl (C=O) groups excluding carboxylic acids is 1. The summed E-state index contributed by atoms with van der Waals surface area (Å²) in [6.07, 6.45) is 15.0. The second-order valence-electron chi connectivity index (χ2n) is 12.2. The Kier molecular flexibility index (Phi) is 4.49. The molecule has 1 aromatic carbocycles. The van der Waals surface area contributed by atoms with Crippen LogP contribution in [-0.4, -0.2) is 25.3 Å². The third-order valence-electron chi connectivity index (χ3n) is 10.5. The van der Waals surface area contributed by atoms with Gasteiger partial charge in [0, 0.05) is 11.5 Å². The highest BCUT2D eigenvalue weighted by molar-refractivity contribution is 5.77. The van der Waals surface area contributed by atoms with E-state index in [9.17, 15) is 4.79 Å². The number of ether oxygens (including phenoxy) is 2. The molecule has 7 aliphatic rings. The van der Waals surface area contributed by atoms with Crippen LogP contribution in [0.2, 0.25) is 0 Å². The van der Waals surface area contributed by atoms with Gasteiger partial charge in [-0.05, 0) is 118 Å². The number of rotatable bonds is 4. The molecule has 4 heteroatoms. The predicted octanol–water partition coefficient (Wildman–Crippen LogP) is 5.13. The minimum absolute atomic E-state index is 0.0155. The van der Waals surface area contributed by atoms with E-state index < -0.39 is 0 Å². The maximum Gasteiger partial charge on any atom is 0.314 e. The Labute approximate surface area is 191 Å². The Morgan fingerprint density at radius 2 is 1.81 bits per heavy atom. The van der Waals surface area contributed by atoms with Crippen molar-refractivity contribution < 1.29 is 14.3 Å². The number of hydrogen-bond acceptors (Lipinski definition) is 4. The summed E-state index contributed by atoms with van der Waals surface area (Å²) < 4.78 is 11.9. The van der Waals surface area contributed by atoms with Crippen molar-refractivity contribution in [1.82, 2.24) is 5.32 Å². The summed E-state index contributed by atoms with van der Waals surface area (Å²) in [5, 5.41) is 3.81. The van der Waals surface area contributed by atoms with E-state index in [4.69, 9.17) is 9.47 Å². The number of benzene rings is 1. The molecule has 0 spiro atoms. The number of carbonyl (C=O) groups is 1. The van der Waals surface area contributed by atoms with Gasteiger partial charge < -0.3 is 14.8 Å². The van der Waals surface area contributed by atoms with Crippen molar-refractivity contribution in [1.29, 1.82) is 0 Å². The fourth-order valence-electron chi connectivity index (χ4n) is 9.66. The molecule has 0 radical (unpaired) electrons. The van der Waals surface area contributed by atoms with Crippen LogP contribution in [0.5, 0.6) is 5.75 Å². The van der Waals surface area contributed by atoms with Crippen LogP contribution >= 0.6 is 0 Å². The minimum Gasteiger partial charge on any atom is -0.457 e. The van der Waals surface area contributed by atoms with E-state index in [1.165, 1.54) is 62.5 Å². The van der Waals surface area contributed by atoms with Gasteiger partial charge in [0.25, 0.3) is 0 Å². The summed E-state index contributed by atoms with van der Waals surface area (Å²) >= 11 is 0. The topological polar surface area (TPSA) is 47.6 Å². The van der Waals surface area contributed by atoms with Gasteiger partial charge in [-0.2, -0.15) is 0 Å². The first-order valence-electron chi connectivity index (χ1n) is 13.3. The van der Waals surface area contributed by atoms with Gasteiger partial charge in [0.15, 0.2) is 0 Å². The highest BCUT2D eigenvalue weighted by atomic mass is 16.7. The third-order valence-corrected chi connectivity index (χ3v) is 10.5. The SMILES string of the molecule is O=C(OCOc1ccc2c(c1)[C@]13CCCC[C@@H]1[C@@H](C2)NCC3)C12CC3CC(CC(C3)C1)C2. The van der Waals surface area contributed by atoms with Gasteiger partial charge in [-0.25, -0.2) is 0 Å². The van der Waals surface area contributed by atoms with E-state index in [2.05, 4.69) is 23.5 Å². The molecule has 0 unspecified atom stereocenters. The summed E-state index contributed by atoms with van der Waals surface area (Å²) in [5.74, 6) is 3.92. The number of fused-ring (bicyclic) bond motifs is 1. The fraction of sp³-hybridized carbons (Fsp3) is 0.750. The highest BCUT2D eigenvalue weighted by Crippen LogP contribution is 2.60. The van der Waals surface area contributed by atoms with Crippen LogP contribution < -0.4 is 10.1 Å². The van der Waals surface area contributed by atoms with Crippen LogP contribution in [-0.2, 0) is 21.4 Å². The molecule has 8 rings (SSSR count). The molecule has 6 aliphatic carbocycles. The predicted molar refractivity (Wildman–Crippen MR) is 122 cm³/mol. The lowest BCUT2D eigenvalue weighted by atomic mass is 9.49. The third kappa shape index (κ3) is 2.94. The molecule has 172 valence electrons. The van der Waals surface area contributed by atoms with Gasteiger partial charge in [0.1, 0.15) is 5.75 Å². The summed E-state index contributed by atoms with van der Waals surface area (Å²) in [4.78, 5) is 13.1. The lowest BCUT2D eigenvalue weighted by molar-refractivity contribution is -0.177. The van der Waals surface area contributed by atoms with Crippen molar-refractivity contribution in [3.05, 3.63) is 29.3 Å². The molecule has 3 atom stereocenters. The van der Waals surface area contributed by atoms with Crippen molar-refractivity contribution in [3.63, 3.8) is 0 Å². The molecule has 1 aromatic rings. The first-order chi connectivity index (χ1) is 15.6. The molecule has 6 fully saturated rings. The van der Waals surface area contributed by atoms with E-state index in [1.807, 2.05) is 0 Å². The van der Waals surface area contributed by atoms with Crippen LogP contribution in [0.15, 0.2) is 18.2 Å². The standard InChI is InChI=1S/C28H37NO3/c30-26(27-14-18-9-19(15-27)11-20(10-18)16-27)32-17-31-22-5-4-21-12-25-23-3-1-2-6-28(23,7-8-29-25)24(21)13-22/h4-5,13,18-20,23,25,29H,1-3,6-12,14-17H2/t18?,19?,20?,23-,25-,27?,28+/m1/s1. The zero-order chi connectivity index (χ0) is 21.3. The molecule has 1 heterocycles. The van der Waals surface area contributed by atoms with Crippen LogP contribution in [0, 0.1) is 29.1 Å². The van der Waals surface area contributed by atoms with E-state index in [1.54, 1.807) is 0 Å². The Hall–Kier alpha value is -1.55. The van der Waals surface area contributed by atoms with Crippen molar-refractivity contribution >= 4 is 5.97 Å². The normalized spacial score (nSPS) is 43.3. The number of hydrogen-bond donors (Lipinski definition) is 1. The molecule has 1 N–H and O–H groups in total. The average Bonchev–Trinajstić information content (AvgIpc) is 2.78. The fourth-order valence-corrected chi connectivity index (χ4v) is 9.66. The lowest BCUT2D eigenvalue weighted by Crippen LogP contribution is -2.59. The number of piperidine rings is 1. The van der Waals surface area contributed by atoms with Gasteiger partial charge in [-0.3, -0.25) is 4.79 Å². The van der Waals surface area contributed by atoms with Crippen LogP contribution in [0.4, 0.5) is 0 Å². The maximum atomic E-state index is 13.1. The average molecular weight is 436 g/mol. The highest BCUT2D eigenvalue weighted by Gasteiger charge is 2.55. The number of esters is 1. The Balaban J connectivity index is 1.06. The molecule has 5 saturated carbocycles. The largest absolute Gasteiger partial charge is 0.457 e. The molecule has 4 nitrogen and oxygen atoms in total. The monoisotopic (exact) mass is 435 g/mol. The van der Waals surface area contributed by atoms with Crippen LogP contribution in [0.1, 0.15) is 81.8 Å². The quantitative estimate of drug-likeness (QED) is 0.526. The Morgan fingerprint density at radius 3 is 2.59 bits per heavy atom. The summed E-state index contributed by atoms with van der Waals surface area (Å²) in [5.41, 5.74) is 3.16. The van der Waals surface area contributed by atoms with Crippen molar-refractivity contribution in [2.24, 2.45) is 29.1 Å². The molecule has 6 bridgehead atoms. The summed E-state index contributed by atoms with van der Waals surface area (Å²) in [7, 11) is 0. The molecule has 1 saturated heterocycles. The molecule has 32 heavy (non-hydrogen) atoms. The van der Waals surface area contributed by atoms with Crippen LogP contribution in [0.3, 0.4) is 0 Å². The summed E-state index contributed by atoms with van der Waals surface area (Å²) in [6.45, 7) is 1.19. The zero-order valence-electron chi connectivity index (χ0n) is 19.2. The van der Waals surface area contributed by atoms with E-state index in [0.29, 0.717) is 11.5 Å². The van der Waals surface area contributed by atoms with Crippen molar-refractivity contribution in [3.8, 4) is 5.75 Å². The van der Waals surface area contributed by atoms with Gasteiger partial charge in [0.05, 0.1) is 5.41 Å². The zero-order valence-corrected chi connectivity index (χ0v) is 19.2. The first kappa shape index (κ1) is 19.9. The van der Waals surface area contributed by atoms with E-state index in [-0.39, 0.29) is 18.2 Å². The van der Waals surface area contributed by atoms with Gasteiger partial charge in [0.2, 0.25) is 6.79 Å². The first-order valence-corrected chi connectivity index (χ1v) is 13.3. The Bertz CT molecular complexity index is 886. The van der Waals surface area contributed by atoms with Crippen molar-refractivity contribution in [2.45, 2.75) is 88.5 Å². The smallest absolute Gasteiger partial charge is 0.314 e. The molecule has 0 aromatic heterocycles. The van der Waals surface area contributed by atoms with E-state index in [0.717, 1.165) is 61.6 Å². The van der Waals surface area contributed by atoms with Gasteiger partial charge in [-0.1, -0.05) is 18.9 Å². The van der Waals surface area contributed by atoms with Crippen LogP contribution in [0.25, 0.3) is 0 Å². The van der Waals surface area contributed by atoms with E-state index >= 15 is 0 Å².